The van der Waals surface area contributed by atoms with E-state index in [1.54, 1.807) is 11.8 Å². The van der Waals surface area contributed by atoms with Gasteiger partial charge in [0.2, 0.25) is 0 Å². The lowest BCUT2D eigenvalue weighted by atomic mass is 9.99. The van der Waals surface area contributed by atoms with Crippen molar-refractivity contribution in [3.05, 3.63) is 107 Å². The number of nitrogens with zero attached hydrogens (tertiary/aromatic N) is 2. The average Bonchev–Trinajstić information content (AvgIpc) is 2.83. The Hall–Kier alpha value is -4.06. The van der Waals surface area contributed by atoms with Crippen LogP contribution < -0.4 is 9.80 Å². The normalized spacial score (nSPS) is 15.9. The Bertz CT molecular complexity index is 1240. The minimum Gasteiger partial charge on any atom is -0.478 e. The zero-order chi connectivity index (χ0) is 24.2. The van der Waals surface area contributed by atoms with Gasteiger partial charge in [0, 0.05) is 11.4 Å². The molecule has 0 bridgehead atoms. The molecule has 1 heterocycles. The summed E-state index contributed by atoms with van der Waals surface area (Å²) >= 11 is 0. The molecule has 1 unspecified atom stereocenters. The summed E-state index contributed by atoms with van der Waals surface area (Å²) in [6.07, 6.45) is -0.465. The molecule has 1 N–H and O–H groups in total. The number of anilines is 2. The highest BCUT2D eigenvalue weighted by atomic mass is 16.5. The van der Waals surface area contributed by atoms with Crippen molar-refractivity contribution in [2.24, 2.45) is 0 Å². The van der Waals surface area contributed by atoms with Crippen LogP contribution in [0.25, 0.3) is 0 Å². The lowest BCUT2D eigenvalue weighted by molar-refractivity contribution is -0.140. The van der Waals surface area contributed by atoms with Crippen LogP contribution in [0.4, 0.5) is 11.4 Å². The molecule has 0 amide bonds. The third-order valence-corrected chi connectivity index (χ3v) is 5.83. The van der Waals surface area contributed by atoms with Crippen LogP contribution in [0.1, 0.15) is 29.8 Å². The molecule has 34 heavy (non-hydrogen) atoms. The molecule has 6 nitrogen and oxygen atoms in total. The fourth-order valence-corrected chi connectivity index (χ4v) is 4.37. The highest BCUT2D eigenvalue weighted by Crippen LogP contribution is 2.42. The van der Waals surface area contributed by atoms with E-state index in [0.29, 0.717) is 5.69 Å². The summed E-state index contributed by atoms with van der Waals surface area (Å²) in [6.45, 7) is 5.88. The summed E-state index contributed by atoms with van der Waals surface area (Å²) in [5.74, 6) is -1.80. The largest absolute Gasteiger partial charge is 0.478 e. The predicted octanol–water partition coefficient (Wildman–Crippen LogP) is 5.23. The first-order valence-electron chi connectivity index (χ1n) is 11.3. The number of carboxylic acid groups (broad SMARTS) is 1. The van der Waals surface area contributed by atoms with E-state index in [4.69, 9.17) is 4.74 Å². The summed E-state index contributed by atoms with van der Waals surface area (Å²) in [5, 5.41) is 10.2. The molecule has 174 valence electrons. The number of ether oxygens (including phenoxy) is 1. The monoisotopic (exact) mass is 456 g/mol. The van der Waals surface area contributed by atoms with E-state index in [2.05, 4.69) is 0 Å². The number of aryl methyl sites for hydroxylation is 2. The number of hydrogen-bond donors (Lipinski definition) is 1. The number of carboxylic acids is 1. The van der Waals surface area contributed by atoms with Crippen LogP contribution in [0.15, 0.2) is 90.1 Å². The molecule has 0 aliphatic carbocycles. The lowest BCUT2D eigenvalue weighted by Gasteiger charge is -2.47. The smallest absolute Gasteiger partial charge is 0.355 e. The van der Waals surface area contributed by atoms with Gasteiger partial charge in [-0.3, -0.25) is 0 Å². The van der Waals surface area contributed by atoms with Crippen molar-refractivity contribution in [1.29, 1.82) is 0 Å². The Morgan fingerprint density at radius 2 is 1.53 bits per heavy atom. The summed E-state index contributed by atoms with van der Waals surface area (Å²) in [4.78, 5) is 29.6. The summed E-state index contributed by atoms with van der Waals surface area (Å²) in [5.41, 5.74) is 4.62. The van der Waals surface area contributed by atoms with E-state index in [9.17, 15) is 14.7 Å². The maximum atomic E-state index is 13.3. The summed E-state index contributed by atoms with van der Waals surface area (Å²) < 4.78 is 5.37. The minimum atomic E-state index is -1.15. The number of carbonyl (C=O) groups excluding carboxylic acids is 1. The second-order valence-corrected chi connectivity index (χ2v) is 8.31. The van der Waals surface area contributed by atoms with Gasteiger partial charge in [-0.15, -0.1) is 0 Å². The van der Waals surface area contributed by atoms with Crippen LogP contribution in [0, 0.1) is 13.8 Å². The van der Waals surface area contributed by atoms with Crippen LogP contribution >= 0.6 is 0 Å². The Balaban J connectivity index is 2.04. The Morgan fingerprint density at radius 3 is 2.12 bits per heavy atom. The maximum Gasteiger partial charge on any atom is 0.355 e. The van der Waals surface area contributed by atoms with Gasteiger partial charge in [-0.2, -0.15) is 0 Å². The zero-order valence-electron chi connectivity index (χ0n) is 19.6. The number of esters is 1. The summed E-state index contributed by atoms with van der Waals surface area (Å²) in [6, 6.07) is 25.5. The third kappa shape index (κ3) is 4.53. The van der Waals surface area contributed by atoms with Crippen molar-refractivity contribution in [1.82, 2.24) is 0 Å². The number of hydrogen-bond acceptors (Lipinski definition) is 5. The highest BCUT2D eigenvalue weighted by molar-refractivity contribution is 6.04. The quantitative estimate of drug-likeness (QED) is 0.512. The van der Waals surface area contributed by atoms with Crippen LogP contribution in [-0.4, -0.2) is 30.2 Å². The SMILES string of the molecule is CCOC(=O)C1=C(C(=O)O)CN(c2cccc(C)c2)C(c2ccccc2)N1c1cccc(C)c1. The fraction of sp³-hybridized carbons (Fsp3) is 0.214. The molecule has 4 rings (SSSR count). The van der Waals surface area contributed by atoms with Gasteiger partial charge in [0.15, 0.2) is 0 Å². The van der Waals surface area contributed by atoms with Crippen molar-refractivity contribution >= 4 is 23.3 Å². The number of aliphatic carboxylic acids is 1. The van der Waals surface area contributed by atoms with Crippen LogP contribution in [0.3, 0.4) is 0 Å². The minimum absolute atomic E-state index is 0.00589. The molecule has 0 spiro atoms. The maximum absolute atomic E-state index is 13.3. The van der Waals surface area contributed by atoms with Gasteiger partial charge < -0.3 is 19.6 Å². The molecule has 6 heteroatoms. The van der Waals surface area contributed by atoms with E-state index in [1.807, 2.05) is 97.6 Å². The third-order valence-electron chi connectivity index (χ3n) is 5.83. The fourth-order valence-electron chi connectivity index (χ4n) is 4.37. The lowest BCUT2D eigenvalue weighted by Crippen LogP contribution is -2.50. The molecule has 1 atom stereocenters. The molecule has 3 aromatic rings. The molecule has 0 fully saturated rings. The first-order valence-corrected chi connectivity index (χ1v) is 11.3. The standard InChI is InChI=1S/C28H28N2O4/c1-4-34-28(33)25-24(27(31)32)18-29(22-14-8-10-19(2)16-22)26(21-12-6-5-7-13-21)30(25)23-15-9-11-20(3)17-23/h5-17,26H,4,18H2,1-3H3,(H,31,32). The van der Waals surface area contributed by atoms with Crippen LogP contribution in [-0.2, 0) is 14.3 Å². The van der Waals surface area contributed by atoms with Gasteiger partial charge >= 0.3 is 11.9 Å². The van der Waals surface area contributed by atoms with E-state index in [0.717, 1.165) is 22.4 Å². The van der Waals surface area contributed by atoms with Crippen molar-refractivity contribution < 1.29 is 19.4 Å². The number of carbonyl (C=O) groups is 2. The van der Waals surface area contributed by atoms with Gasteiger partial charge in [-0.1, -0.05) is 54.6 Å². The predicted molar refractivity (Wildman–Crippen MR) is 133 cm³/mol. The van der Waals surface area contributed by atoms with Crippen molar-refractivity contribution in [3.8, 4) is 0 Å². The highest BCUT2D eigenvalue weighted by Gasteiger charge is 2.42. The number of rotatable bonds is 6. The topological polar surface area (TPSA) is 70.1 Å². The van der Waals surface area contributed by atoms with Gasteiger partial charge in [0.05, 0.1) is 18.7 Å². The Morgan fingerprint density at radius 1 is 0.912 bits per heavy atom. The molecule has 3 aromatic carbocycles. The second kappa shape index (κ2) is 9.83. The average molecular weight is 457 g/mol. The molecule has 0 saturated heterocycles. The zero-order valence-corrected chi connectivity index (χ0v) is 19.6. The molecule has 0 aromatic heterocycles. The molecule has 1 aliphatic rings. The molecule has 0 saturated carbocycles. The Kier molecular flexibility index (Phi) is 6.68. The van der Waals surface area contributed by atoms with Crippen LogP contribution in [0.5, 0.6) is 0 Å². The first kappa shape index (κ1) is 23.1. The van der Waals surface area contributed by atoms with E-state index < -0.39 is 18.1 Å². The van der Waals surface area contributed by atoms with Gasteiger partial charge in [-0.05, 0) is 61.7 Å². The van der Waals surface area contributed by atoms with Gasteiger partial charge in [-0.25, -0.2) is 9.59 Å². The number of benzene rings is 3. The summed E-state index contributed by atoms with van der Waals surface area (Å²) in [7, 11) is 0. The van der Waals surface area contributed by atoms with E-state index in [-0.39, 0.29) is 24.4 Å². The van der Waals surface area contributed by atoms with Gasteiger partial charge in [0.25, 0.3) is 0 Å². The first-order chi connectivity index (χ1) is 16.4. The van der Waals surface area contributed by atoms with E-state index in [1.165, 1.54) is 0 Å². The van der Waals surface area contributed by atoms with Crippen LogP contribution in [0.2, 0.25) is 0 Å². The van der Waals surface area contributed by atoms with Crippen molar-refractivity contribution in [3.63, 3.8) is 0 Å². The van der Waals surface area contributed by atoms with Gasteiger partial charge in [0.1, 0.15) is 11.9 Å². The second-order valence-electron chi connectivity index (χ2n) is 8.31. The molecule has 0 radical (unpaired) electrons. The van der Waals surface area contributed by atoms with E-state index >= 15 is 0 Å². The Labute approximate surface area is 199 Å². The van der Waals surface area contributed by atoms with Crippen molar-refractivity contribution in [2.75, 3.05) is 23.0 Å². The van der Waals surface area contributed by atoms with Crippen molar-refractivity contribution in [2.45, 2.75) is 26.9 Å². The molecule has 1 aliphatic heterocycles. The molecular weight excluding hydrogens is 428 g/mol. The molecular formula is C28H28N2O4.